The Hall–Kier alpha value is -5.34. The normalized spacial score (nSPS) is 13.0. The van der Waals surface area contributed by atoms with E-state index in [4.69, 9.17) is 23.8 Å². The van der Waals surface area contributed by atoms with Crippen LogP contribution in [-0.4, -0.2) is 66.2 Å². The highest BCUT2D eigenvalue weighted by Crippen LogP contribution is 2.26. The topological polar surface area (TPSA) is 158 Å². The van der Waals surface area contributed by atoms with E-state index in [0.29, 0.717) is 53.6 Å². The molecule has 222 valence electrons. The molecular weight excluding hydrogens is 604 g/mol. The number of piperazine rings is 1. The van der Waals surface area contributed by atoms with E-state index < -0.39 is 4.92 Å². The number of hydrogen-bond acceptors (Lipinski definition) is 11. The van der Waals surface area contributed by atoms with E-state index in [1.54, 1.807) is 42.6 Å². The molecule has 0 atom stereocenters. The zero-order chi connectivity index (χ0) is 30.6. The molecule has 44 heavy (non-hydrogen) atoms. The van der Waals surface area contributed by atoms with Crippen molar-refractivity contribution in [3.05, 3.63) is 94.1 Å². The SMILES string of the molecule is O=[N+]([O-])c1ccc(Nc2nc(Nc3ccc(O)cc3)nc(N3CCN(C(=S)Nc4ccnc5cc(Cl)ccc45)CC3)n2)cc1. The number of halogens is 1. The molecule has 4 N–H and O–H groups in total. The second-order valence-corrected chi connectivity index (χ2v) is 10.6. The molecule has 5 aromatic rings. The fourth-order valence-electron chi connectivity index (χ4n) is 4.62. The van der Waals surface area contributed by atoms with Crippen molar-refractivity contribution in [1.29, 1.82) is 0 Å². The molecule has 3 aromatic carbocycles. The van der Waals surface area contributed by atoms with Gasteiger partial charge in [-0.3, -0.25) is 15.1 Å². The van der Waals surface area contributed by atoms with Gasteiger partial charge in [0.2, 0.25) is 17.8 Å². The predicted octanol–water partition coefficient (Wildman–Crippen LogP) is 5.69. The third-order valence-electron chi connectivity index (χ3n) is 6.88. The number of anilines is 6. The van der Waals surface area contributed by atoms with E-state index in [2.05, 4.69) is 40.8 Å². The van der Waals surface area contributed by atoms with Gasteiger partial charge in [0.1, 0.15) is 5.75 Å². The Kier molecular flexibility index (Phi) is 8.16. The van der Waals surface area contributed by atoms with Crippen LogP contribution < -0.4 is 20.9 Å². The maximum atomic E-state index is 11.0. The summed E-state index contributed by atoms with van der Waals surface area (Å²) in [6, 6.07) is 19.9. The van der Waals surface area contributed by atoms with Gasteiger partial charge in [-0.15, -0.1) is 0 Å². The first-order valence-corrected chi connectivity index (χ1v) is 14.3. The lowest BCUT2D eigenvalue weighted by Crippen LogP contribution is -2.50. The second kappa shape index (κ2) is 12.5. The molecule has 1 aliphatic heterocycles. The number of nitro groups is 1. The van der Waals surface area contributed by atoms with Gasteiger partial charge in [-0.1, -0.05) is 11.6 Å². The van der Waals surface area contributed by atoms with Gasteiger partial charge in [0.25, 0.3) is 5.69 Å². The second-order valence-electron chi connectivity index (χ2n) is 9.81. The van der Waals surface area contributed by atoms with Gasteiger partial charge in [0, 0.05) is 66.3 Å². The lowest BCUT2D eigenvalue weighted by Gasteiger charge is -2.36. The summed E-state index contributed by atoms with van der Waals surface area (Å²) >= 11 is 11.9. The third kappa shape index (κ3) is 6.66. The van der Waals surface area contributed by atoms with Crippen molar-refractivity contribution in [2.24, 2.45) is 0 Å². The van der Waals surface area contributed by atoms with E-state index in [1.807, 2.05) is 29.2 Å². The fraction of sp³-hybridized carbons (Fsp3) is 0.138. The monoisotopic (exact) mass is 628 g/mol. The fourth-order valence-corrected chi connectivity index (χ4v) is 5.08. The van der Waals surface area contributed by atoms with Crippen molar-refractivity contribution in [3.8, 4) is 5.75 Å². The third-order valence-corrected chi connectivity index (χ3v) is 7.47. The molecule has 0 bridgehead atoms. The summed E-state index contributed by atoms with van der Waals surface area (Å²) in [5.41, 5.74) is 2.86. The van der Waals surface area contributed by atoms with Gasteiger partial charge in [-0.05, 0) is 72.9 Å². The molecule has 0 saturated carbocycles. The highest BCUT2D eigenvalue weighted by molar-refractivity contribution is 7.80. The zero-order valence-corrected chi connectivity index (χ0v) is 24.6. The average molecular weight is 629 g/mol. The predicted molar refractivity (Wildman–Crippen MR) is 174 cm³/mol. The molecule has 13 nitrogen and oxygen atoms in total. The number of fused-ring (bicyclic) bond motifs is 1. The molecule has 1 aliphatic rings. The maximum Gasteiger partial charge on any atom is 0.269 e. The van der Waals surface area contributed by atoms with Gasteiger partial charge in [0.05, 0.1) is 16.1 Å². The number of aromatic nitrogens is 4. The Labute approximate surface area is 261 Å². The number of nitro benzene ring substituents is 1. The Bertz CT molecular complexity index is 1830. The Balaban J connectivity index is 1.18. The Morgan fingerprint density at radius 1 is 0.886 bits per heavy atom. The minimum Gasteiger partial charge on any atom is -0.508 e. The highest BCUT2D eigenvalue weighted by atomic mass is 35.5. The van der Waals surface area contributed by atoms with Crippen LogP contribution in [0, 0.1) is 10.1 Å². The summed E-state index contributed by atoms with van der Waals surface area (Å²) in [5.74, 6) is 1.13. The number of thiocarbonyl (C=S) groups is 1. The Morgan fingerprint density at radius 3 is 2.16 bits per heavy atom. The van der Waals surface area contributed by atoms with Crippen molar-refractivity contribution in [3.63, 3.8) is 0 Å². The van der Waals surface area contributed by atoms with E-state index in [-0.39, 0.29) is 23.3 Å². The summed E-state index contributed by atoms with van der Waals surface area (Å²) in [4.78, 5) is 32.9. The van der Waals surface area contributed by atoms with Crippen LogP contribution >= 0.6 is 23.8 Å². The lowest BCUT2D eigenvalue weighted by atomic mass is 10.2. The van der Waals surface area contributed by atoms with E-state index in [9.17, 15) is 15.2 Å². The first-order chi connectivity index (χ1) is 21.3. The minimum absolute atomic E-state index is 0.0200. The first kappa shape index (κ1) is 28.8. The summed E-state index contributed by atoms with van der Waals surface area (Å²) in [6.45, 7) is 2.43. The molecule has 0 aliphatic carbocycles. The molecular formula is C29H25ClN10O3S. The number of aromatic hydroxyl groups is 1. The number of pyridine rings is 1. The summed E-state index contributed by atoms with van der Waals surface area (Å²) < 4.78 is 0. The molecule has 1 fully saturated rings. The number of benzene rings is 3. The van der Waals surface area contributed by atoms with Crippen LogP contribution in [0.2, 0.25) is 5.02 Å². The van der Waals surface area contributed by atoms with Crippen LogP contribution in [-0.2, 0) is 0 Å². The smallest absolute Gasteiger partial charge is 0.269 e. The number of phenols is 1. The molecule has 0 unspecified atom stereocenters. The molecule has 0 radical (unpaired) electrons. The average Bonchev–Trinajstić information content (AvgIpc) is 3.02. The Morgan fingerprint density at radius 2 is 1.52 bits per heavy atom. The summed E-state index contributed by atoms with van der Waals surface area (Å²) in [7, 11) is 0. The van der Waals surface area contributed by atoms with Crippen molar-refractivity contribution >= 4 is 80.4 Å². The molecule has 3 heterocycles. The van der Waals surface area contributed by atoms with Crippen molar-refractivity contribution in [2.45, 2.75) is 0 Å². The quantitative estimate of drug-likeness (QED) is 0.0754. The van der Waals surface area contributed by atoms with Crippen LogP contribution in [0.3, 0.4) is 0 Å². The zero-order valence-electron chi connectivity index (χ0n) is 23.0. The number of rotatable bonds is 7. The molecule has 1 saturated heterocycles. The number of hydrogen-bond donors (Lipinski definition) is 4. The summed E-state index contributed by atoms with van der Waals surface area (Å²) in [5, 5.41) is 32.4. The highest BCUT2D eigenvalue weighted by Gasteiger charge is 2.23. The number of nitrogens with zero attached hydrogens (tertiary/aromatic N) is 7. The van der Waals surface area contributed by atoms with Gasteiger partial charge in [-0.25, -0.2) is 0 Å². The van der Waals surface area contributed by atoms with Crippen molar-refractivity contribution < 1.29 is 10.0 Å². The van der Waals surface area contributed by atoms with Gasteiger partial charge in [0.15, 0.2) is 5.11 Å². The first-order valence-electron chi connectivity index (χ1n) is 13.5. The van der Waals surface area contributed by atoms with Gasteiger partial charge < -0.3 is 30.9 Å². The molecule has 2 aromatic heterocycles. The number of non-ortho nitro benzene ring substituents is 1. The van der Waals surface area contributed by atoms with Crippen LogP contribution in [0.5, 0.6) is 5.75 Å². The number of nitrogens with one attached hydrogen (secondary N) is 3. The largest absolute Gasteiger partial charge is 0.508 e. The summed E-state index contributed by atoms with van der Waals surface area (Å²) in [6.07, 6.45) is 1.72. The van der Waals surface area contributed by atoms with Crippen LogP contribution in [0.4, 0.5) is 40.6 Å². The van der Waals surface area contributed by atoms with E-state index >= 15 is 0 Å². The molecule has 0 amide bonds. The van der Waals surface area contributed by atoms with Crippen LogP contribution in [0.15, 0.2) is 79.0 Å². The standard InChI is InChI=1S/C29H25ClN10O3S/c30-18-1-10-23-24(11-12-31-25(23)17-18)34-29(44)39-15-13-38(14-16-39)28-36-26(32-19-2-6-21(7-3-19)40(42)43)35-27(37-28)33-20-4-8-22(41)9-5-20/h1-12,17,41H,13-16H2,(H,31,34,44)(H2,32,33,35,36,37). The van der Waals surface area contributed by atoms with Crippen molar-refractivity contribution in [1.82, 2.24) is 24.8 Å². The van der Waals surface area contributed by atoms with Gasteiger partial charge >= 0.3 is 0 Å². The lowest BCUT2D eigenvalue weighted by molar-refractivity contribution is -0.384. The van der Waals surface area contributed by atoms with E-state index in [0.717, 1.165) is 16.6 Å². The van der Waals surface area contributed by atoms with Gasteiger partial charge in [-0.2, -0.15) is 15.0 Å². The minimum atomic E-state index is -0.458. The van der Waals surface area contributed by atoms with Crippen LogP contribution in [0.25, 0.3) is 10.9 Å². The molecule has 6 rings (SSSR count). The molecule has 0 spiro atoms. The van der Waals surface area contributed by atoms with Crippen LogP contribution in [0.1, 0.15) is 0 Å². The maximum absolute atomic E-state index is 11.0. The van der Waals surface area contributed by atoms with E-state index in [1.165, 1.54) is 12.1 Å². The number of phenolic OH excluding ortho intramolecular Hbond substituents is 1. The molecule has 15 heteroatoms. The van der Waals surface area contributed by atoms with Crippen molar-refractivity contribution in [2.75, 3.05) is 47.0 Å².